The number of fused-ring (bicyclic) bond motifs is 3. The molecule has 0 unspecified atom stereocenters. The fourth-order valence-corrected chi connectivity index (χ4v) is 3.78. The number of hydrogen-bond donors (Lipinski definition) is 2. The van der Waals surface area contributed by atoms with Crippen molar-refractivity contribution < 1.29 is 23.1 Å². The Morgan fingerprint density at radius 2 is 2.23 bits per heavy atom. The molecule has 1 amide bonds. The summed E-state index contributed by atoms with van der Waals surface area (Å²) in [5.41, 5.74) is 6.82. The van der Waals surface area contributed by atoms with Gasteiger partial charge in [0.2, 0.25) is 5.91 Å². The number of benzene rings is 1. The van der Waals surface area contributed by atoms with E-state index in [0.717, 1.165) is 0 Å². The summed E-state index contributed by atoms with van der Waals surface area (Å²) in [6.07, 6.45) is -0.522. The summed E-state index contributed by atoms with van der Waals surface area (Å²) < 4.78 is 34.6. The molecule has 3 heterocycles. The molecule has 0 aliphatic carbocycles. The molecule has 0 saturated carbocycles. The number of aromatic nitrogens is 2. The number of rotatable bonds is 5. The maximum absolute atomic E-state index is 13.5. The minimum Gasteiger partial charge on any atom is -0.491 e. The average molecular weight is 417 g/mol. The number of allylic oxidation sites excluding steroid dienone is 1. The lowest BCUT2D eigenvalue weighted by atomic mass is 10.1. The van der Waals surface area contributed by atoms with E-state index in [1.165, 1.54) is 4.90 Å². The summed E-state index contributed by atoms with van der Waals surface area (Å²) in [7, 11) is 0. The van der Waals surface area contributed by atoms with Gasteiger partial charge in [0.1, 0.15) is 35.9 Å². The van der Waals surface area contributed by atoms with Gasteiger partial charge in [0.15, 0.2) is 5.82 Å². The van der Waals surface area contributed by atoms with Crippen LogP contribution in [0.3, 0.4) is 0 Å². The molecular weight excluding hydrogens is 396 g/mol. The highest BCUT2D eigenvalue weighted by atomic mass is 19.3. The van der Waals surface area contributed by atoms with Crippen LogP contribution in [-0.2, 0) is 16.1 Å². The van der Waals surface area contributed by atoms with Crippen molar-refractivity contribution in [2.75, 3.05) is 16.8 Å². The summed E-state index contributed by atoms with van der Waals surface area (Å²) in [5.74, 6) is 2.70. The number of hydrogen-bond acceptors (Lipinski definition) is 6. The van der Waals surface area contributed by atoms with Crippen LogP contribution < -0.4 is 20.7 Å². The van der Waals surface area contributed by atoms with Crippen molar-refractivity contribution in [3.05, 3.63) is 30.1 Å². The van der Waals surface area contributed by atoms with Gasteiger partial charge in [-0.05, 0) is 25.5 Å². The van der Waals surface area contributed by atoms with Crippen LogP contribution in [0.2, 0.25) is 0 Å². The smallest absolute Gasteiger partial charge is 0.259 e. The van der Waals surface area contributed by atoms with Crippen molar-refractivity contribution in [1.82, 2.24) is 9.55 Å². The Kier molecular flexibility index (Phi) is 5.17. The molecule has 1 fully saturated rings. The van der Waals surface area contributed by atoms with E-state index in [-0.39, 0.29) is 18.5 Å². The highest BCUT2D eigenvalue weighted by Crippen LogP contribution is 2.39. The number of ether oxygens (including phenoxy) is 1. The summed E-state index contributed by atoms with van der Waals surface area (Å²) in [4.78, 5) is 28.4. The lowest BCUT2D eigenvalue weighted by molar-refractivity contribution is -0.118. The standard InChI is InChI=1S/C20H21F2N5O3/c1-11(19(23)29)24-12-2-4-14-16(8-12)30-7-6-26-9-17(25-20(14)26)27-13(10-28)3-5-15(27)18(21)22/h2,4,8-9,11,15,18,24H,3,5-7H2,1H3,(H2,23,29)/t11-,15-/m0/s1. The molecule has 0 radical (unpaired) electrons. The van der Waals surface area contributed by atoms with E-state index in [9.17, 15) is 18.4 Å². The number of nitrogens with one attached hydrogen (secondary N) is 1. The normalized spacial score (nSPS) is 18.9. The second-order valence-corrected chi connectivity index (χ2v) is 7.30. The van der Waals surface area contributed by atoms with Crippen LogP contribution in [0.1, 0.15) is 19.8 Å². The van der Waals surface area contributed by atoms with Crippen LogP contribution in [-0.4, -0.2) is 46.5 Å². The Morgan fingerprint density at radius 3 is 2.93 bits per heavy atom. The SMILES string of the molecule is C[C@H](Nc1ccc2c(c1)OCCn1cc(N3C(=C=O)CC[C@H]3C(F)F)nc1-2)C(N)=O. The fourth-order valence-electron chi connectivity index (χ4n) is 3.78. The van der Waals surface area contributed by atoms with E-state index in [1.54, 1.807) is 37.3 Å². The monoisotopic (exact) mass is 417 g/mol. The van der Waals surface area contributed by atoms with Crippen molar-refractivity contribution in [2.45, 2.75) is 44.8 Å². The van der Waals surface area contributed by atoms with E-state index in [2.05, 4.69) is 10.3 Å². The van der Waals surface area contributed by atoms with Gasteiger partial charge in [-0.15, -0.1) is 0 Å². The summed E-state index contributed by atoms with van der Waals surface area (Å²) in [6.45, 7) is 2.46. The topological polar surface area (TPSA) is 102 Å². The maximum Gasteiger partial charge on any atom is 0.259 e. The van der Waals surface area contributed by atoms with Crippen LogP contribution in [0.25, 0.3) is 11.4 Å². The van der Waals surface area contributed by atoms with Crippen LogP contribution in [0.5, 0.6) is 5.75 Å². The number of halogens is 2. The number of anilines is 2. The highest BCUT2D eigenvalue weighted by Gasteiger charge is 2.38. The quantitative estimate of drug-likeness (QED) is 0.723. The van der Waals surface area contributed by atoms with Gasteiger partial charge in [-0.1, -0.05) is 0 Å². The van der Waals surface area contributed by atoms with Gasteiger partial charge in [-0.3, -0.25) is 4.79 Å². The summed E-state index contributed by atoms with van der Waals surface area (Å²) in [5, 5.41) is 3.00. The van der Waals surface area contributed by atoms with Crippen molar-refractivity contribution in [3.63, 3.8) is 0 Å². The molecule has 30 heavy (non-hydrogen) atoms. The Labute approximate surface area is 171 Å². The first kappa shape index (κ1) is 19.9. The number of carbonyl (C=O) groups is 1. The Hall–Kier alpha value is -3.39. The third-order valence-electron chi connectivity index (χ3n) is 5.34. The molecule has 2 aliphatic heterocycles. The first-order valence-electron chi connectivity index (χ1n) is 9.60. The largest absolute Gasteiger partial charge is 0.491 e. The van der Waals surface area contributed by atoms with Gasteiger partial charge in [0, 0.05) is 24.4 Å². The molecule has 8 nitrogen and oxygen atoms in total. The molecule has 2 aliphatic rings. The molecule has 1 saturated heterocycles. The second-order valence-electron chi connectivity index (χ2n) is 7.30. The number of primary amides is 1. The average Bonchev–Trinajstić information content (AvgIpc) is 3.28. The minimum absolute atomic E-state index is 0.178. The van der Waals surface area contributed by atoms with Crippen LogP contribution in [0.15, 0.2) is 30.1 Å². The number of carbonyl (C=O) groups excluding carboxylic acids is 2. The summed E-state index contributed by atoms with van der Waals surface area (Å²) in [6, 6.07) is 3.63. The zero-order valence-corrected chi connectivity index (χ0v) is 16.3. The lowest BCUT2D eigenvalue weighted by Crippen LogP contribution is -2.34. The molecule has 3 N–H and O–H groups in total. The van der Waals surface area contributed by atoms with E-state index in [1.807, 2.05) is 4.57 Å². The molecule has 158 valence electrons. The third kappa shape index (κ3) is 3.50. The van der Waals surface area contributed by atoms with Crippen molar-refractivity contribution >= 4 is 23.4 Å². The van der Waals surface area contributed by atoms with Gasteiger partial charge in [0.25, 0.3) is 6.43 Å². The van der Waals surface area contributed by atoms with Gasteiger partial charge in [-0.25, -0.2) is 18.6 Å². The van der Waals surface area contributed by atoms with Crippen molar-refractivity contribution in [2.24, 2.45) is 5.73 Å². The zero-order chi connectivity index (χ0) is 21.4. The molecule has 10 heteroatoms. The molecule has 0 spiro atoms. The molecule has 4 rings (SSSR count). The Bertz CT molecular complexity index is 1030. The second kappa shape index (κ2) is 7.79. The predicted octanol–water partition coefficient (Wildman–Crippen LogP) is 2.18. The van der Waals surface area contributed by atoms with E-state index >= 15 is 0 Å². The zero-order valence-electron chi connectivity index (χ0n) is 16.3. The van der Waals surface area contributed by atoms with E-state index < -0.39 is 24.4 Å². The number of imidazole rings is 1. The van der Waals surface area contributed by atoms with Crippen LogP contribution >= 0.6 is 0 Å². The molecule has 1 aromatic carbocycles. The molecular formula is C20H21F2N5O3. The van der Waals surface area contributed by atoms with Gasteiger partial charge < -0.3 is 25.3 Å². The maximum atomic E-state index is 13.5. The summed E-state index contributed by atoms with van der Waals surface area (Å²) >= 11 is 0. The number of nitrogens with zero attached hydrogens (tertiary/aromatic N) is 3. The first-order valence-corrected chi connectivity index (χ1v) is 9.60. The van der Waals surface area contributed by atoms with E-state index in [4.69, 9.17) is 10.5 Å². The minimum atomic E-state index is -2.60. The van der Waals surface area contributed by atoms with Crippen molar-refractivity contribution in [3.8, 4) is 17.1 Å². The van der Waals surface area contributed by atoms with Crippen LogP contribution in [0, 0.1) is 0 Å². The van der Waals surface area contributed by atoms with Gasteiger partial charge >= 0.3 is 0 Å². The number of alkyl halides is 2. The van der Waals surface area contributed by atoms with Gasteiger partial charge in [-0.2, -0.15) is 0 Å². The Morgan fingerprint density at radius 1 is 1.43 bits per heavy atom. The predicted molar refractivity (Wildman–Crippen MR) is 106 cm³/mol. The number of amides is 1. The fraction of sp³-hybridized carbons (Fsp3) is 0.400. The molecule has 0 bridgehead atoms. The first-order chi connectivity index (χ1) is 14.4. The molecule has 1 aromatic heterocycles. The van der Waals surface area contributed by atoms with E-state index in [0.29, 0.717) is 41.8 Å². The van der Waals surface area contributed by atoms with Crippen LogP contribution in [0.4, 0.5) is 20.3 Å². The Balaban J connectivity index is 1.71. The third-order valence-corrected chi connectivity index (χ3v) is 5.34. The van der Waals surface area contributed by atoms with Gasteiger partial charge in [0.05, 0.1) is 18.2 Å². The number of nitrogens with two attached hydrogens (primary N) is 1. The molecule has 2 aromatic rings. The lowest BCUT2D eigenvalue weighted by Gasteiger charge is -2.23. The molecule has 2 atom stereocenters. The van der Waals surface area contributed by atoms with Crippen molar-refractivity contribution in [1.29, 1.82) is 0 Å². The highest BCUT2D eigenvalue weighted by molar-refractivity contribution is 5.83.